The van der Waals surface area contributed by atoms with E-state index in [-0.39, 0.29) is 5.82 Å². The van der Waals surface area contributed by atoms with Crippen molar-refractivity contribution < 1.29 is 4.39 Å². The predicted octanol–water partition coefficient (Wildman–Crippen LogP) is 4.52. The van der Waals surface area contributed by atoms with E-state index in [1.54, 1.807) is 12.1 Å². The zero-order valence-electron chi connectivity index (χ0n) is 18.5. The van der Waals surface area contributed by atoms with Gasteiger partial charge in [-0.25, -0.2) is 4.39 Å². The Bertz CT molecular complexity index is 962. The molecule has 0 radical (unpaired) electrons. The van der Waals surface area contributed by atoms with Crippen LogP contribution >= 0.6 is 0 Å². The molecule has 31 heavy (non-hydrogen) atoms. The van der Waals surface area contributed by atoms with E-state index in [1.807, 2.05) is 12.3 Å². The minimum absolute atomic E-state index is 0.204. The van der Waals surface area contributed by atoms with Gasteiger partial charge in [0.15, 0.2) is 0 Å². The van der Waals surface area contributed by atoms with Crippen LogP contribution in [0.3, 0.4) is 0 Å². The lowest BCUT2D eigenvalue weighted by Gasteiger charge is -2.36. The molecule has 2 aromatic rings. The van der Waals surface area contributed by atoms with Gasteiger partial charge < -0.3 is 20.9 Å². The van der Waals surface area contributed by atoms with Crippen LogP contribution in [0.5, 0.6) is 0 Å². The van der Waals surface area contributed by atoms with Crippen molar-refractivity contribution in [2.75, 3.05) is 25.0 Å². The maximum absolute atomic E-state index is 13.9. The Morgan fingerprint density at radius 1 is 1.23 bits per heavy atom. The quantitative estimate of drug-likeness (QED) is 0.602. The Morgan fingerprint density at radius 2 is 2.03 bits per heavy atom. The third-order valence-electron chi connectivity index (χ3n) is 6.81. The number of halogens is 1. The van der Waals surface area contributed by atoms with Crippen LogP contribution in [0.1, 0.15) is 48.4 Å². The van der Waals surface area contributed by atoms with Gasteiger partial charge in [0.25, 0.3) is 0 Å². The average Bonchev–Trinajstić information content (AvgIpc) is 2.78. The first-order valence-corrected chi connectivity index (χ1v) is 11.4. The van der Waals surface area contributed by atoms with Crippen molar-refractivity contribution in [2.45, 2.75) is 51.1 Å². The first kappa shape index (κ1) is 21.6. The molecular formula is C26H33FN4. The standard InChI is InChI=1S/C26H33FN4/c1-18-6-7-24-25(15-19-4-3-5-21(27)14-19)23(8-9-26(24)31(18)2)20(16-28)17-30-22-10-12-29-13-11-22/h3-5,8-9,14,16-18,22,28-30H,6-7,10-13,15H2,1-2H3/b20-17+,28-16?. The molecule has 1 unspecified atom stereocenters. The molecule has 1 saturated heterocycles. The molecule has 0 bridgehead atoms. The Balaban J connectivity index is 1.74. The first-order valence-electron chi connectivity index (χ1n) is 11.4. The first-order chi connectivity index (χ1) is 15.1. The van der Waals surface area contributed by atoms with Crippen LogP contribution in [0, 0.1) is 11.2 Å². The number of nitrogens with one attached hydrogen (secondary N) is 3. The predicted molar refractivity (Wildman–Crippen MR) is 128 cm³/mol. The molecule has 164 valence electrons. The average molecular weight is 421 g/mol. The molecule has 1 fully saturated rings. The zero-order chi connectivity index (χ0) is 21.8. The highest BCUT2D eigenvalue weighted by Gasteiger charge is 2.24. The smallest absolute Gasteiger partial charge is 0.123 e. The van der Waals surface area contributed by atoms with Crippen molar-refractivity contribution in [2.24, 2.45) is 0 Å². The number of nitrogens with zero attached hydrogens (tertiary/aromatic N) is 1. The van der Waals surface area contributed by atoms with E-state index >= 15 is 0 Å². The van der Waals surface area contributed by atoms with Gasteiger partial charge in [-0.3, -0.25) is 0 Å². The minimum Gasteiger partial charge on any atom is -0.388 e. The number of rotatable bonds is 6. The molecule has 0 aliphatic carbocycles. The van der Waals surface area contributed by atoms with Crippen LogP contribution in [0.15, 0.2) is 42.6 Å². The molecular weight excluding hydrogens is 387 g/mol. The van der Waals surface area contributed by atoms with Gasteiger partial charge in [0.05, 0.1) is 0 Å². The summed E-state index contributed by atoms with van der Waals surface area (Å²) in [6.45, 7) is 4.31. The van der Waals surface area contributed by atoms with Crippen LogP contribution in [-0.2, 0) is 12.8 Å². The fourth-order valence-electron chi connectivity index (χ4n) is 4.79. The van der Waals surface area contributed by atoms with Crippen LogP contribution in [0.4, 0.5) is 10.1 Å². The lowest BCUT2D eigenvalue weighted by Crippen LogP contribution is -2.37. The molecule has 0 saturated carbocycles. The third-order valence-corrected chi connectivity index (χ3v) is 6.81. The van der Waals surface area contributed by atoms with Gasteiger partial charge in [0.1, 0.15) is 5.82 Å². The summed E-state index contributed by atoms with van der Waals surface area (Å²) in [5, 5.41) is 15.1. The van der Waals surface area contributed by atoms with Crippen LogP contribution in [-0.4, -0.2) is 38.4 Å². The molecule has 2 aromatic carbocycles. The Labute approximate surface area is 185 Å². The maximum Gasteiger partial charge on any atom is 0.123 e. The summed E-state index contributed by atoms with van der Waals surface area (Å²) in [5.74, 6) is -0.204. The Hall–Kier alpha value is -2.66. The molecule has 0 amide bonds. The van der Waals surface area contributed by atoms with E-state index in [0.29, 0.717) is 18.5 Å². The lowest BCUT2D eigenvalue weighted by molar-refractivity contribution is 0.420. The molecule has 3 N–H and O–H groups in total. The second-order valence-corrected chi connectivity index (χ2v) is 8.83. The second kappa shape index (κ2) is 9.65. The Morgan fingerprint density at radius 3 is 2.77 bits per heavy atom. The molecule has 0 aromatic heterocycles. The summed E-state index contributed by atoms with van der Waals surface area (Å²) in [4.78, 5) is 2.35. The number of hydrogen-bond acceptors (Lipinski definition) is 4. The monoisotopic (exact) mass is 420 g/mol. The summed E-state index contributed by atoms with van der Waals surface area (Å²) in [6, 6.07) is 12.2. The SMILES string of the molecule is CC1CCc2c(ccc(/C(C=N)=C/NC3CCNCC3)c2Cc2cccc(F)c2)N1C. The Kier molecular flexibility index (Phi) is 6.71. The van der Waals surface area contributed by atoms with Crippen molar-refractivity contribution in [3.8, 4) is 0 Å². The summed E-state index contributed by atoms with van der Waals surface area (Å²) in [5.41, 5.74) is 6.72. The fourth-order valence-corrected chi connectivity index (χ4v) is 4.79. The molecule has 2 heterocycles. The highest BCUT2D eigenvalue weighted by Crippen LogP contribution is 2.36. The number of piperidine rings is 1. The van der Waals surface area contributed by atoms with Gasteiger partial charge in [-0.2, -0.15) is 0 Å². The van der Waals surface area contributed by atoms with Gasteiger partial charge in [-0.1, -0.05) is 18.2 Å². The van der Waals surface area contributed by atoms with Crippen molar-refractivity contribution in [3.63, 3.8) is 0 Å². The highest BCUT2D eigenvalue weighted by molar-refractivity contribution is 6.09. The number of hydrogen-bond donors (Lipinski definition) is 3. The zero-order valence-corrected chi connectivity index (χ0v) is 18.5. The fraction of sp³-hybridized carbons (Fsp3) is 0.423. The van der Waals surface area contributed by atoms with Gasteiger partial charge in [0, 0.05) is 42.8 Å². The molecule has 5 heteroatoms. The highest BCUT2D eigenvalue weighted by atomic mass is 19.1. The van der Waals surface area contributed by atoms with E-state index in [9.17, 15) is 4.39 Å². The maximum atomic E-state index is 13.9. The van der Waals surface area contributed by atoms with Crippen LogP contribution in [0.2, 0.25) is 0 Å². The summed E-state index contributed by atoms with van der Waals surface area (Å²) in [7, 11) is 2.15. The third kappa shape index (κ3) is 4.82. The largest absolute Gasteiger partial charge is 0.388 e. The molecule has 4 nitrogen and oxygen atoms in total. The van der Waals surface area contributed by atoms with E-state index < -0.39 is 0 Å². The molecule has 2 aliphatic rings. The van der Waals surface area contributed by atoms with E-state index in [0.717, 1.165) is 55.5 Å². The summed E-state index contributed by atoms with van der Waals surface area (Å²) >= 11 is 0. The summed E-state index contributed by atoms with van der Waals surface area (Å²) < 4.78 is 13.9. The second-order valence-electron chi connectivity index (χ2n) is 8.83. The van der Waals surface area contributed by atoms with Crippen molar-refractivity contribution in [1.29, 1.82) is 5.41 Å². The van der Waals surface area contributed by atoms with Gasteiger partial charge in [-0.15, -0.1) is 0 Å². The lowest BCUT2D eigenvalue weighted by atomic mass is 9.85. The topological polar surface area (TPSA) is 51.2 Å². The van der Waals surface area contributed by atoms with E-state index in [1.165, 1.54) is 29.1 Å². The van der Waals surface area contributed by atoms with Crippen molar-refractivity contribution in [1.82, 2.24) is 10.6 Å². The van der Waals surface area contributed by atoms with Crippen LogP contribution in [0.25, 0.3) is 5.57 Å². The number of benzene rings is 2. The van der Waals surface area contributed by atoms with Gasteiger partial charge in [0.2, 0.25) is 0 Å². The van der Waals surface area contributed by atoms with E-state index in [4.69, 9.17) is 5.41 Å². The van der Waals surface area contributed by atoms with Crippen LogP contribution < -0.4 is 15.5 Å². The molecule has 2 aliphatic heterocycles. The van der Waals surface area contributed by atoms with Gasteiger partial charge >= 0.3 is 0 Å². The normalized spacial score (nSPS) is 19.8. The number of anilines is 1. The van der Waals surface area contributed by atoms with Gasteiger partial charge in [-0.05, 0) is 92.6 Å². The van der Waals surface area contributed by atoms with Crippen molar-refractivity contribution in [3.05, 3.63) is 70.7 Å². The van der Waals surface area contributed by atoms with Crippen molar-refractivity contribution >= 4 is 17.5 Å². The van der Waals surface area contributed by atoms with E-state index in [2.05, 4.69) is 41.6 Å². The molecule has 0 spiro atoms. The molecule has 4 rings (SSSR count). The minimum atomic E-state index is -0.204. The molecule has 1 atom stereocenters. The number of fused-ring (bicyclic) bond motifs is 1. The number of allylic oxidation sites excluding steroid dienone is 1. The summed E-state index contributed by atoms with van der Waals surface area (Å²) in [6.07, 6.45) is 8.40.